The minimum Gasteiger partial charge on any atom is -0.450 e. The van der Waals surface area contributed by atoms with Crippen LogP contribution in [0.15, 0.2) is 24.3 Å². The van der Waals surface area contributed by atoms with Gasteiger partial charge in [-0.3, -0.25) is 4.90 Å². The Labute approximate surface area is 144 Å². The molecule has 130 valence electrons. The maximum Gasteiger partial charge on any atom is 0.340 e. The molecule has 1 saturated carbocycles. The summed E-state index contributed by atoms with van der Waals surface area (Å²) in [5.74, 6) is 5.49. The molecule has 1 aliphatic rings. The Morgan fingerprint density at radius 2 is 1.96 bits per heavy atom. The van der Waals surface area contributed by atoms with E-state index >= 15 is 0 Å². The number of rotatable bonds is 5. The van der Waals surface area contributed by atoms with Gasteiger partial charge in [-0.2, -0.15) is 0 Å². The van der Waals surface area contributed by atoms with E-state index in [9.17, 15) is 9.90 Å². The van der Waals surface area contributed by atoms with Gasteiger partial charge in [-0.25, -0.2) is 4.79 Å². The third kappa shape index (κ3) is 5.36. The molecule has 1 aromatic rings. The normalized spacial score (nSPS) is 16.3. The third-order valence-corrected chi connectivity index (χ3v) is 4.37. The molecule has 2 rings (SSSR count). The van der Waals surface area contributed by atoms with Gasteiger partial charge in [0.25, 0.3) is 0 Å². The van der Waals surface area contributed by atoms with Crippen LogP contribution in [0.2, 0.25) is 0 Å². The maximum absolute atomic E-state index is 12.1. The van der Waals surface area contributed by atoms with Crippen molar-refractivity contribution < 1.29 is 14.6 Å². The third-order valence-electron chi connectivity index (χ3n) is 4.37. The molecule has 4 nitrogen and oxygen atoms in total. The summed E-state index contributed by atoms with van der Waals surface area (Å²) in [6.45, 7) is 0.625. The van der Waals surface area contributed by atoms with E-state index < -0.39 is 12.1 Å². The highest BCUT2D eigenvalue weighted by atomic mass is 16.5. The summed E-state index contributed by atoms with van der Waals surface area (Å²) < 4.78 is 5.10. The lowest BCUT2D eigenvalue weighted by Gasteiger charge is -2.25. The van der Waals surface area contributed by atoms with Crippen LogP contribution in [0.1, 0.15) is 55.3 Å². The fourth-order valence-electron chi connectivity index (χ4n) is 3.12. The topological polar surface area (TPSA) is 49.8 Å². The molecule has 1 fully saturated rings. The first-order valence-electron chi connectivity index (χ1n) is 8.63. The molecule has 0 amide bonds. The SMILES string of the molecule is CN(C)CC#CCOC(=O)C(O)c1ccccc1C1CCCCC1. The van der Waals surface area contributed by atoms with Crippen molar-refractivity contribution >= 4 is 5.97 Å². The molecule has 0 aliphatic heterocycles. The molecule has 0 heterocycles. The van der Waals surface area contributed by atoms with Crippen LogP contribution in [-0.2, 0) is 9.53 Å². The highest BCUT2D eigenvalue weighted by molar-refractivity contribution is 5.77. The number of hydrogen-bond acceptors (Lipinski definition) is 4. The molecule has 1 unspecified atom stereocenters. The number of aliphatic hydroxyl groups excluding tert-OH is 1. The van der Waals surface area contributed by atoms with E-state index in [1.54, 1.807) is 0 Å². The van der Waals surface area contributed by atoms with Crippen molar-refractivity contribution in [1.29, 1.82) is 0 Å². The fraction of sp³-hybridized carbons (Fsp3) is 0.550. The molecule has 0 saturated heterocycles. The molecule has 24 heavy (non-hydrogen) atoms. The Bertz CT molecular complexity index is 594. The van der Waals surface area contributed by atoms with E-state index in [4.69, 9.17) is 4.74 Å². The number of aliphatic hydroxyl groups is 1. The van der Waals surface area contributed by atoms with Gasteiger partial charge in [-0.05, 0) is 44.0 Å². The lowest BCUT2D eigenvalue weighted by molar-refractivity contribution is -0.152. The highest BCUT2D eigenvalue weighted by Crippen LogP contribution is 2.36. The molecule has 1 N–H and O–H groups in total. The largest absolute Gasteiger partial charge is 0.450 e. The Morgan fingerprint density at radius 1 is 1.25 bits per heavy atom. The van der Waals surface area contributed by atoms with Crippen LogP contribution in [0.3, 0.4) is 0 Å². The van der Waals surface area contributed by atoms with Gasteiger partial charge in [-0.1, -0.05) is 55.4 Å². The van der Waals surface area contributed by atoms with Crippen LogP contribution in [0, 0.1) is 11.8 Å². The zero-order chi connectivity index (χ0) is 17.4. The number of carbonyl (C=O) groups is 1. The second kappa shape index (κ2) is 9.46. The Balaban J connectivity index is 1.99. The summed E-state index contributed by atoms with van der Waals surface area (Å²) >= 11 is 0. The van der Waals surface area contributed by atoms with E-state index in [1.807, 2.05) is 43.3 Å². The minimum atomic E-state index is -1.24. The molecule has 0 aromatic heterocycles. The van der Waals surface area contributed by atoms with Gasteiger partial charge in [0, 0.05) is 0 Å². The van der Waals surface area contributed by atoms with E-state index in [0.717, 1.165) is 18.4 Å². The lowest BCUT2D eigenvalue weighted by atomic mass is 9.81. The van der Waals surface area contributed by atoms with Gasteiger partial charge >= 0.3 is 5.97 Å². The van der Waals surface area contributed by atoms with E-state index in [2.05, 4.69) is 11.8 Å². The number of hydrogen-bond donors (Lipinski definition) is 1. The smallest absolute Gasteiger partial charge is 0.340 e. The molecule has 0 radical (unpaired) electrons. The van der Waals surface area contributed by atoms with Crippen LogP contribution in [0.4, 0.5) is 0 Å². The van der Waals surface area contributed by atoms with Gasteiger partial charge in [0.15, 0.2) is 12.7 Å². The van der Waals surface area contributed by atoms with Crippen LogP contribution in [-0.4, -0.2) is 43.2 Å². The second-order valence-corrected chi connectivity index (χ2v) is 6.57. The Hall–Kier alpha value is -1.83. The molecule has 0 spiro atoms. The summed E-state index contributed by atoms with van der Waals surface area (Å²) in [7, 11) is 3.85. The quantitative estimate of drug-likeness (QED) is 0.667. The summed E-state index contributed by atoms with van der Waals surface area (Å²) in [4.78, 5) is 14.1. The number of nitrogens with zero attached hydrogens (tertiary/aromatic N) is 1. The molecule has 4 heteroatoms. The molecule has 0 bridgehead atoms. The lowest BCUT2D eigenvalue weighted by Crippen LogP contribution is -2.19. The van der Waals surface area contributed by atoms with Gasteiger partial charge in [0.1, 0.15) is 0 Å². The van der Waals surface area contributed by atoms with Gasteiger partial charge < -0.3 is 9.84 Å². The van der Waals surface area contributed by atoms with Crippen LogP contribution >= 0.6 is 0 Å². The molecular formula is C20H27NO3. The van der Waals surface area contributed by atoms with Crippen LogP contribution in [0.5, 0.6) is 0 Å². The summed E-state index contributed by atoms with van der Waals surface area (Å²) in [6, 6.07) is 7.68. The second-order valence-electron chi connectivity index (χ2n) is 6.57. The summed E-state index contributed by atoms with van der Waals surface area (Å²) in [5, 5.41) is 10.4. The van der Waals surface area contributed by atoms with E-state index in [0.29, 0.717) is 18.0 Å². The van der Waals surface area contributed by atoms with Crippen molar-refractivity contribution in [2.75, 3.05) is 27.2 Å². The maximum atomic E-state index is 12.1. The standard InChI is InChI=1S/C20H27NO3/c1-21(2)14-8-9-15-24-20(23)19(22)18-13-7-6-12-17(18)16-10-4-3-5-11-16/h6-7,12-13,16,19,22H,3-5,10-11,14-15H2,1-2H3. The highest BCUT2D eigenvalue weighted by Gasteiger charge is 2.25. The molecule has 1 aliphatic carbocycles. The van der Waals surface area contributed by atoms with E-state index in [-0.39, 0.29) is 6.61 Å². The molecule has 1 atom stereocenters. The van der Waals surface area contributed by atoms with E-state index in [1.165, 1.54) is 19.3 Å². The molecule has 1 aromatic carbocycles. The predicted octanol–water partition coefficient (Wildman–Crippen LogP) is 2.88. The van der Waals surface area contributed by atoms with Gasteiger partial charge in [-0.15, -0.1) is 0 Å². The Morgan fingerprint density at radius 3 is 2.67 bits per heavy atom. The zero-order valence-corrected chi connectivity index (χ0v) is 14.6. The van der Waals surface area contributed by atoms with Crippen LogP contribution < -0.4 is 0 Å². The number of ether oxygens (including phenoxy) is 1. The number of carbonyl (C=O) groups excluding carboxylic acids is 1. The van der Waals surface area contributed by atoms with Crippen LogP contribution in [0.25, 0.3) is 0 Å². The molecular weight excluding hydrogens is 302 g/mol. The van der Waals surface area contributed by atoms with Gasteiger partial charge in [0.05, 0.1) is 6.54 Å². The minimum absolute atomic E-state index is 0.00925. The first kappa shape index (κ1) is 18.5. The van der Waals surface area contributed by atoms with Gasteiger partial charge in [0.2, 0.25) is 0 Å². The Kier molecular flexibility index (Phi) is 7.30. The van der Waals surface area contributed by atoms with Crippen molar-refractivity contribution in [1.82, 2.24) is 4.90 Å². The van der Waals surface area contributed by atoms with Crippen molar-refractivity contribution in [3.63, 3.8) is 0 Å². The monoisotopic (exact) mass is 329 g/mol. The zero-order valence-electron chi connectivity index (χ0n) is 14.6. The predicted molar refractivity (Wildman–Crippen MR) is 94.5 cm³/mol. The summed E-state index contributed by atoms with van der Waals surface area (Å²) in [5.41, 5.74) is 1.76. The van der Waals surface area contributed by atoms with Crippen molar-refractivity contribution in [3.05, 3.63) is 35.4 Å². The van der Waals surface area contributed by atoms with Crippen molar-refractivity contribution in [2.45, 2.75) is 44.1 Å². The summed E-state index contributed by atoms with van der Waals surface area (Å²) in [6.07, 6.45) is 4.69. The fourth-order valence-corrected chi connectivity index (χ4v) is 3.12. The number of esters is 1. The average molecular weight is 329 g/mol. The first-order valence-corrected chi connectivity index (χ1v) is 8.63. The average Bonchev–Trinajstić information content (AvgIpc) is 2.61. The first-order chi connectivity index (χ1) is 11.6. The number of benzene rings is 1. The van der Waals surface area contributed by atoms with Crippen molar-refractivity contribution in [3.8, 4) is 11.8 Å². The van der Waals surface area contributed by atoms with Crippen molar-refractivity contribution in [2.24, 2.45) is 0 Å².